The van der Waals surface area contributed by atoms with Crippen molar-refractivity contribution in [2.75, 3.05) is 13.2 Å². The molecule has 8 heteroatoms. The van der Waals surface area contributed by atoms with Crippen LogP contribution in [-0.4, -0.2) is 34.3 Å². The van der Waals surface area contributed by atoms with E-state index >= 15 is 0 Å². The van der Waals surface area contributed by atoms with Crippen LogP contribution >= 0.6 is 12.2 Å². The van der Waals surface area contributed by atoms with Crippen LogP contribution in [0, 0.1) is 11.7 Å². The standard InChI is InChI=1S/C15H18N4O3S/c1-4-21-12-7-6-11(8-13(12)22-5-2)9-16-19-14(20)10(3)17-18-15(19)23/h6-9H,4-5H2,1-3H3,(H,18,23)/b16-9-. The lowest BCUT2D eigenvalue weighted by Crippen LogP contribution is -2.22. The lowest BCUT2D eigenvalue weighted by molar-refractivity contribution is 0.288. The number of nitrogens with one attached hydrogen (secondary N) is 1. The van der Waals surface area contributed by atoms with Gasteiger partial charge in [-0.15, -0.1) is 0 Å². The van der Waals surface area contributed by atoms with Gasteiger partial charge in [0.1, 0.15) is 5.69 Å². The van der Waals surface area contributed by atoms with E-state index in [2.05, 4.69) is 15.3 Å². The number of ether oxygens (including phenoxy) is 2. The molecule has 0 amide bonds. The van der Waals surface area contributed by atoms with Crippen LogP contribution in [0.1, 0.15) is 25.1 Å². The molecule has 0 saturated carbocycles. The van der Waals surface area contributed by atoms with Crippen molar-refractivity contribution < 1.29 is 9.47 Å². The highest BCUT2D eigenvalue weighted by Crippen LogP contribution is 2.27. The van der Waals surface area contributed by atoms with E-state index in [4.69, 9.17) is 21.7 Å². The highest BCUT2D eigenvalue weighted by Gasteiger charge is 2.06. The van der Waals surface area contributed by atoms with Crippen molar-refractivity contribution in [2.24, 2.45) is 5.10 Å². The van der Waals surface area contributed by atoms with Crippen molar-refractivity contribution in [1.82, 2.24) is 14.9 Å². The second-order valence-electron chi connectivity index (χ2n) is 4.55. The molecule has 122 valence electrons. The molecule has 0 atom stereocenters. The zero-order chi connectivity index (χ0) is 16.8. The molecule has 0 radical (unpaired) electrons. The quantitative estimate of drug-likeness (QED) is 0.647. The highest BCUT2D eigenvalue weighted by molar-refractivity contribution is 7.71. The van der Waals surface area contributed by atoms with E-state index in [-0.39, 0.29) is 16.0 Å². The van der Waals surface area contributed by atoms with Crippen molar-refractivity contribution in [3.8, 4) is 11.5 Å². The summed E-state index contributed by atoms with van der Waals surface area (Å²) in [5.41, 5.74) is 0.686. The minimum Gasteiger partial charge on any atom is -0.490 e. The maximum atomic E-state index is 12.0. The predicted octanol–water partition coefficient (Wildman–Crippen LogP) is 2.29. The predicted molar refractivity (Wildman–Crippen MR) is 90.2 cm³/mol. The number of aromatic nitrogens is 3. The first-order valence-corrected chi connectivity index (χ1v) is 7.60. The van der Waals surface area contributed by atoms with E-state index in [1.54, 1.807) is 19.1 Å². The summed E-state index contributed by atoms with van der Waals surface area (Å²) in [7, 11) is 0. The molecule has 0 aliphatic carbocycles. The Morgan fingerprint density at radius 3 is 2.70 bits per heavy atom. The molecule has 23 heavy (non-hydrogen) atoms. The zero-order valence-electron chi connectivity index (χ0n) is 13.2. The van der Waals surface area contributed by atoms with Gasteiger partial charge in [0.2, 0.25) is 4.77 Å². The molecular weight excluding hydrogens is 316 g/mol. The van der Waals surface area contributed by atoms with E-state index in [9.17, 15) is 4.79 Å². The Labute approximate surface area is 138 Å². The smallest absolute Gasteiger partial charge is 0.296 e. The molecule has 1 heterocycles. The molecule has 1 N–H and O–H groups in total. The Bertz CT molecular complexity index is 826. The van der Waals surface area contributed by atoms with E-state index < -0.39 is 0 Å². The van der Waals surface area contributed by atoms with Gasteiger partial charge in [0.25, 0.3) is 5.56 Å². The molecule has 0 spiro atoms. The van der Waals surface area contributed by atoms with Crippen LogP contribution in [0.4, 0.5) is 0 Å². The summed E-state index contributed by atoms with van der Waals surface area (Å²) in [6.45, 7) is 6.47. The van der Waals surface area contributed by atoms with Gasteiger partial charge in [-0.25, -0.2) is 0 Å². The molecule has 0 unspecified atom stereocenters. The van der Waals surface area contributed by atoms with Gasteiger partial charge in [0.05, 0.1) is 19.4 Å². The minimum absolute atomic E-state index is 0.132. The van der Waals surface area contributed by atoms with Crippen molar-refractivity contribution in [3.63, 3.8) is 0 Å². The van der Waals surface area contributed by atoms with Gasteiger partial charge in [0, 0.05) is 0 Å². The fourth-order valence-electron chi connectivity index (χ4n) is 1.85. The Morgan fingerprint density at radius 2 is 2.00 bits per heavy atom. The molecule has 2 rings (SSSR count). The van der Waals surface area contributed by atoms with E-state index in [0.717, 1.165) is 10.2 Å². The zero-order valence-corrected chi connectivity index (χ0v) is 14.0. The van der Waals surface area contributed by atoms with Crippen LogP contribution in [0.25, 0.3) is 0 Å². The van der Waals surface area contributed by atoms with Crippen molar-refractivity contribution in [2.45, 2.75) is 20.8 Å². The maximum absolute atomic E-state index is 12.0. The second-order valence-corrected chi connectivity index (χ2v) is 4.93. The van der Waals surface area contributed by atoms with Gasteiger partial charge in [0.15, 0.2) is 11.5 Å². The molecular formula is C15H18N4O3S. The fourth-order valence-corrected chi connectivity index (χ4v) is 2.03. The number of benzene rings is 1. The first-order chi connectivity index (χ1) is 11.1. The minimum atomic E-state index is -0.360. The third-order valence-electron chi connectivity index (χ3n) is 2.90. The number of aromatic amines is 1. The molecule has 0 bridgehead atoms. The second kappa shape index (κ2) is 7.68. The number of rotatable bonds is 6. The molecule has 7 nitrogen and oxygen atoms in total. The summed E-state index contributed by atoms with van der Waals surface area (Å²) in [4.78, 5) is 12.0. The Balaban J connectivity index is 2.37. The molecule has 1 aromatic heterocycles. The van der Waals surface area contributed by atoms with Gasteiger partial charge < -0.3 is 9.47 Å². The van der Waals surface area contributed by atoms with Crippen LogP contribution in [0.5, 0.6) is 11.5 Å². The topological polar surface area (TPSA) is 81.5 Å². The highest BCUT2D eigenvalue weighted by atomic mass is 32.1. The van der Waals surface area contributed by atoms with Gasteiger partial charge in [-0.2, -0.15) is 14.9 Å². The molecule has 0 aliphatic heterocycles. The Morgan fingerprint density at radius 1 is 1.30 bits per heavy atom. The van der Waals surface area contributed by atoms with Crippen LogP contribution in [0.2, 0.25) is 0 Å². The summed E-state index contributed by atoms with van der Waals surface area (Å²) < 4.78 is 12.3. The molecule has 2 aromatic rings. The summed E-state index contributed by atoms with van der Waals surface area (Å²) in [6, 6.07) is 5.42. The van der Waals surface area contributed by atoms with Crippen molar-refractivity contribution in [1.29, 1.82) is 0 Å². The van der Waals surface area contributed by atoms with Crippen LogP contribution in [-0.2, 0) is 0 Å². The normalized spacial score (nSPS) is 10.9. The third kappa shape index (κ3) is 4.04. The summed E-state index contributed by atoms with van der Waals surface area (Å²) in [6.07, 6.45) is 1.53. The fraction of sp³-hybridized carbons (Fsp3) is 0.333. The van der Waals surface area contributed by atoms with Crippen LogP contribution in [0.3, 0.4) is 0 Å². The largest absolute Gasteiger partial charge is 0.490 e. The third-order valence-corrected chi connectivity index (χ3v) is 3.17. The van der Waals surface area contributed by atoms with E-state index in [0.29, 0.717) is 24.7 Å². The SMILES string of the molecule is CCOc1ccc(/C=N\n2c(=S)[nH]nc(C)c2=O)cc1OCC. The lowest BCUT2D eigenvalue weighted by atomic mass is 10.2. The summed E-state index contributed by atoms with van der Waals surface area (Å²) >= 11 is 5.02. The van der Waals surface area contributed by atoms with Crippen LogP contribution < -0.4 is 15.0 Å². The molecule has 1 aromatic carbocycles. The van der Waals surface area contributed by atoms with Crippen LogP contribution in [0.15, 0.2) is 28.1 Å². The number of hydrogen-bond acceptors (Lipinski definition) is 6. The van der Waals surface area contributed by atoms with Gasteiger partial charge in [-0.3, -0.25) is 9.89 Å². The number of nitrogens with zero attached hydrogens (tertiary/aromatic N) is 3. The first-order valence-electron chi connectivity index (χ1n) is 7.19. The summed E-state index contributed by atoms with van der Waals surface area (Å²) in [5.74, 6) is 1.29. The van der Waals surface area contributed by atoms with Gasteiger partial charge in [-0.1, -0.05) is 0 Å². The average Bonchev–Trinajstić information content (AvgIpc) is 2.54. The Kier molecular flexibility index (Phi) is 5.64. The van der Waals surface area contributed by atoms with E-state index in [1.165, 1.54) is 6.21 Å². The molecule has 0 fully saturated rings. The first kappa shape index (κ1) is 16.9. The Hall–Kier alpha value is -2.48. The number of hydrogen-bond donors (Lipinski definition) is 1. The molecule has 0 aliphatic rings. The van der Waals surface area contributed by atoms with E-state index in [1.807, 2.05) is 19.9 Å². The van der Waals surface area contributed by atoms with Crippen molar-refractivity contribution in [3.05, 3.63) is 44.6 Å². The number of aryl methyl sites for hydroxylation is 1. The molecule has 0 saturated heterocycles. The summed E-state index contributed by atoms with van der Waals surface area (Å²) in [5, 5.41) is 10.5. The van der Waals surface area contributed by atoms with Gasteiger partial charge >= 0.3 is 0 Å². The monoisotopic (exact) mass is 334 g/mol. The van der Waals surface area contributed by atoms with Crippen molar-refractivity contribution >= 4 is 18.4 Å². The van der Waals surface area contributed by atoms with Gasteiger partial charge in [-0.05, 0) is 56.8 Å². The number of H-pyrrole nitrogens is 1. The lowest BCUT2D eigenvalue weighted by Gasteiger charge is -2.11. The average molecular weight is 334 g/mol. The maximum Gasteiger partial charge on any atom is 0.296 e.